The van der Waals surface area contributed by atoms with Crippen LogP contribution in [0.1, 0.15) is 12.8 Å². The quantitative estimate of drug-likeness (QED) is 0.675. The van der Waals surface area contributed by atoms with E-state index in [1.807, 2.05) is 0 Å². The van der Waals surface area contributed by atoms with E-state index in [0.29, 0.717) is 18.7 Å². The molecular formula is C5H9Cl3O. The van der Waals surface area contributed by atoms with Gasteiger partial charge < -0.3 is 5.11 Å². The molecule has 0 aromatic carbocycles. The van der Waals surface area contributed by atoms with Gasteiger partial charge in [-0.15, -0.1) is 34.8 Å². The molecule has 0 amide bonds. The Morgan fingerprint density at radius 1 is 1.33 bits per heavy atom. The molecule has 0 aliphatic heterocycles. The van der Waals surface area contributed by atoms with E-state index in [2.05, 4.69) is 0 Å². The van der Waals surface area contributed by atoms with Gasteiger partial charge in [-0.05, 0) is 6.42 Å². The van der Waals surface area contributed by atoms with E-state index >= 15 is 0 Å². The Kier molecular flexibility index (Phi) is 6.12. The van der Waals surface area contributed by atoms with E-state index in [1.165, 1.54) is 0 Å². The minimum Gasteiger partial charge on any atom is -0.393 e. The fraction of sp³-hybridized carbons (Fsp3) is 1.00. The predicted molar refractivity (Wildman–Crippen MR) is 41.5 cm³/mol. The van der Waals surface area contributed by atoms with E-state index in [9.17, 15) is 0 Å². The molecule has 9 heavy (non-hydrogen) atoms. The van der Waals surface area contributed by atoms with Gasteiger partial charge >= 0.3 is 0 Å². The van der Waals surface area contributed by atoms with Crippen LogP contribution < -0.4 is 0 Å². The number of hydrogen-bond donors (Lipinski definition) is 1. The van der Waals surface area contributed by atoms with Gasteiger partial charge in [0.2, 0.25) is 0 Å². The summed E-state index contributed by atoms with van der Waals surface area (Å²) < 4.78 is 0. The summed E-state index contributed by atoms with van der Waals surface area (Å²) in [7, 11) is 0. The van der Waals surface area contributed by atoms with Crippen molar-refractivity contribution >= 4 is 34.8 Å². The Balaban J connectivity index is 3.15. The van der Waals surface area contributed by atoms with Crippen LogP contribution >= 0.6 is 34.8 Å². The van der Waals surface area contributed by atoms with E-state index in [1.54, 1.807) is 0 Å². The van der Waals surface area contributed by atoms with Crippen molar-refractivity contribution in [1.82, 2.24) is 0 Å². The van der Waals surface area contributed by atoms with Gasteiger partial charge in [0.05, 0.1) is 6.10 Å². The van der Waals surface area contributed by atoms with Gasteiger partial charge in [0.15, 0.2) is 0 Å². The predicted octanol–water partition coefficient (Wildman–Crippen LogP) is 2.17. The summed E-state index contributed by atoms with van der Waals surface area (Å²) in [4.78, 5) is -0.483. The summed E-state index contributed by atoms with van der Waals surface area (Å²) in [6, 6.07) is 0. The van der Waals surface area contributed by atoms with Crippen molar-refractivity contribution in [2.75, 3.05) is 5.88 Å². The molecule has 0 saturated heterocycles. The summed E-state index contributed by atoms with van der Waals surface area (Å²) in [6.45, 7) is 0. The largest absolute Gasteiger partial charge is 0.393 e. The van der Waals surface area contributed by atoms with Crippen LogP contribution in [-0.2, 0) is 0 Å². The summed E-state index contributed by atoms with van der Waals surface area (Å²) in [5.74, 6) is 0.446. The third-order valence-corrected chi connectivity index (χ3v) is 1.47. The van der Waals surface area contributed by atoms with Gasteiger partial charge in [0.1, 0.15) is 4.84 Å². The first-order valence-corrected chi connectivity index (χ1v) is 4.09. The average Bonchev–Trinajstić information content (AvgIpc) is 1.63. The topological polar surface area (TPSA) is 20.2 Å². The Morgan fingerprint density at radius 3 is 2.22 bits per heavy atom. The SMILES string of the molecule is OC(CCCl)CC(Cl)Cl. The Labute approximate surface area is 69.9 Å². The van der Waals surface area contributed by atoms with Crippen molar-refractivity contribution in [2.45, 2.75) is 23.8 Å². The second-order valence-corrected chi connectivity index (χ2v) is 3.41. The first kappa shape index (κ1) is 9.83. The molecule has 4 heteroatoms. The molecule has 0 aliphatic rings. The van der Waals surface area contributed by atoms with Gasteiger partial charge in [-0.2, -0.15) is 0 Å². The fourth-order valence-electron chi connectivity index (χ4n) is 0.449. The number of hydrogen-bond acceptors (Lipinski definition) is 1. The van der Waals surface area contributed by atoms with Gasteiger partial charge in [0, 0.05) is 12.3 Å². The van der Waals surface area contributed by atoms with Crippen molar-refractivity contribution in [3.63, 3.8) is 0 Å². The van der Waals surface area contributed by atoms with Crippen LogP contribution in [0.3, 0.4) is 0 Å². The summed E-state index contributed by atoms with van der Waals surface area (Å²) in [6.07, 6.45) is 0.496. The first-order valence-electron chi connectivity index (χ1n) is 2.69. The molecule has 0 rings (SSSR count). The molecule has 56 valence electrons. The van der Waals surface area contributed by atoms with Crippen molar-refractivity contribution in [2.24, 2.45) is 0 Å². The van der Waals surface area contributed by atoms with Crippen molar-refractivity contribution in [1.29, 1.82) is 0 Å². The summed E-state index contributed by atoms with van der Waals surface area (Å²) in [5, 5.41) is 8.97. The number of rotatable bonds is 4. The van der Waals surface area contributed by atoms with Crippen molar-refractivity contribution in [3.8, 4) is 0 Å². The minimum absolute atomic E-state index is 0.399. The normalized spacial score (nSPS) is 14.3. The summed E-state index contributed by atoms with van der Waals surface area (Å²) >= 11 is 16.1. The third-order valence-electron chi connectivity index (χ3n) is 0.893. The average molecular weight is 191 g/mol. The summed E-state index contributed by atoms with van der Waals surface area (Å²) in [5.41, 5.74) is 0. The molecule has 1 unspecified atom stereocenters. The Morgan fingerprint density at radius 2 is 1.89 bits per heavy atom. The van der Waals surface area contributed by atoms with E-state index in [0.717, 1.165) is 0 Å². The standard InChI is InChI=1S/C5H9Cl3O/c6-2-1-4(9)3-5(7)8/h4-5,9H,1-3H2. The van der Waals surface area contributed by atoms with Gasteiger partial charge in [-0.3, -0.25) is 0 Å². The van der Waals surface area contributed by atoms with Crippen LogP contribution in [-0.4, -0.2) is 21.9 Å². The highest BCUT2D eigenvalue weighted by molar-refractivity contribution is 6.44. The molecule has 0 heterocycles. The lowest BCUT2D eigenvalue weighted by atomic mass is 10.2. The maximum absolute atomic E-state index is 8.97. The van der Waals surface area contributed by atoms with Crippen LogP contribution in [0.4, 0.5) is 0 Å². The second kappa shape index (κ2) is 5.60. The van der Waals surface area contributed by atoms with Crippen LogP contribution in [0.15, 0.2) is 0 Å². The highest BCUT2D eigenvalue weighted by Gasteiger charge is 2.07. The Hall–Kier alpha value is 0.830. The zero-order chi connectivity index (χ0) is 7.28. The van der Waals surface area contributed by atoms with E-state index in [-0.39, 0.29) is 0 Å². The number of halogens is 3. The highest BCUT2D eigenvalue weighted by atomic mass is 35.5. The maximum atomic E-state index is 8.97. The zero-order valence-corrected chi connectivity index (χ0v) is 7.12. The van der Waals surface area contributed by atoms with Crippen LogP contribution in [0.2, 0.25) is 0 Å². The molecule has 1 N–H and O–H groups in total. The molecule has 0 bridgehead atoms. The molecule has 0 radical (unpaired) electrons. The molecular weight excluding hydrogens is 182 g/mol. The lowest BCUT2D eigenvalue weighted by molar-refractivity contribution is 0.165. The van der Waals surface area contributed by atoms with Crippen LogP contribution in [0.5, 0.6) is 0 Å². The molecule has 0 saturated carbocycles. The fourth-order valence-corrected chi connectivity index (χ4v) is 1.11. The zero-order valence-electron chi connectivity index (χ0n) is 4.86. The maximum Gasteiger partial charge on any atom is 0.110 e. The van der Waals surface area contributed by atoms with E-state index < -0.39 is 10.9 Å². The lowest BCUT2D eigenvalue weighted by Crippen LogP contribution is -2.10. The van der Waals surface area contributed by atoms with Crippen molar-refractivity contribution in [3.05, 3.63) is 0 Å². The highest BCUT2D eigenvalue weighted by Crippen LogP contribution is 2.12. The first-order chi connectivity index (χ1) is 4.16. The molecule has 0 fully saturated rings. The molecule has 0 aromatic rings. The molecule has 0 aromatic heterocycles. The number of aliphatic hydroxyl groups excluding tert-OH is 1. The molecule has 1 atom stereocenters. The van der Waals surface area contributed by atoms with Gasteiger partial charge in [0.25, 0.3) is 0 Å². The van der Waals surface area contributed by atoms with Gasteiger partial charge in [-0.1, -0.05) is 0 Å². The molecule has 1 nitrogen and oxygen atoms in total. The number of alkyl halides is 3. The molecule has 0 aliphatic carbocycles. The Bertz CT molecular complexity index is 67.2. The second-order valence-electron chi connectivity index (χ2n) is 1.76. The van der Waals surface area contributed by atoms with Crippen LogP contribution in [0, 0.1) is 0 Å². The van der Waals surface area contributed by atoms with Crippen LogP contribution in [0.25, 0.3) is 0 Å². The van der Waals surface area contributed by atoms with Gasteiger partial charge in [-0.25, -0.2) is 0 Å². The number of aliphatic hydroxyl groups is 1. The lowest BCUT2D eigenvalue weighted by Gasteiger charge is -2.07. The van der Waals surface area contributed by atoms with Crippen molar-refractivity contribution < 1.29 is 5.11 Å². The third kappa shape index (κ3) is 6.72. The monoisotopic (exact) mass is 190 g/mol. The molecule has 0 spiro atoms. The van der Waals surface area contributed by atoms with E-state index in [4.69, 9.17) is 39.9 Å². The smallest absolute Gasteiger partial charge is 0.110 e. The minimum atomic E-state index is -0.483.